The highest BCUT2D eigenvalue weighted by atomic mass is 35.5. The summed E-state index contributed by atoms with van der Waals surface area (Å²) in [4.78, 5) is 4.36. The van der Waals surface area contributed by atoms with Crippen molar-refractivity contribution in [2.75, 3.05) is 0 Å². The Kier molecular flexibility index (Phi) is 4.94. The summed E-state index contributed by atoms with van der Waals surface area (Å²) in [6.45, 7) is 1.60. The van der Waals surface area contributed by atoms with Crippen LogP contribution in [0.5, 0.6) is 0 Å². The van der Waals surface area contributed by atoms with Crippen LogP contribution in [0.1, 0.15) is 12.5 Å². The smallest absolute Gasteiger partial charge is 0.167 e. The van der Waals surface area contributed by atoms with Crippen LogP contribution in [0, 0.1) is 11.6 Å². The number of nitrogens with zero attached hydrogens (tertiary/aromatic N) is 2. The quantitative estimate of drug-likeness (QED) is 0.457. The summed E-state index contributed by atoms with van der Waals surface area (Å²) in [7, 11) is 0. The van der Waals surface area contributed by atoms with Crippen molar-refractivity contribution in [1.29, 1.82) is 0 Å². The normalized spacial score (nSPS) is 13.3. The molecule has 4 aromatic rings. The lowest BCUT2D eigenvalue weighted by Gasteiger charge is -2.30. The highest BCUT2D eigenvalue weighted by molar-refractivity contribution is 6.30. The van der Waals surface area contributed by atoms with Gasteiger partial charge < -0.3 is 9.67 Å². The first kappa shape index (κ1) is 19.3. The van der Waals surface area contributed by atoms with Gasteiger partial charge in [0.1, 0.15) is 11.6 Å². The van der Waals surface area contributed by atoms with Crippen LogP contribution in [-0.4, -0.2) is 14.7 Å². The zero-order valence-corrected chi connectivity index (χ0v) is 16.2. The van der Waals surface area contributed by atoms with Crippen LogP contribution in [0.3, 0.4) is 0 Å². The van der Waals surface area contributed by atoms with E-state index in [1.54, 1.807) is 60.3 Å². The summed E-state index contributed by atoms with van der Waals surface area (Å²) in [5, 5.41) is 12.1. The number of hydrogen-bond acceptors (Lipinski definition) is 2. The Morgan fingerprint density at radius 1 is 0.966 bits per heavy atom. The molecule has 0 aliphatic heterocycles. The monoisotopic (exact) mass is 410 g/mol. The van der Waals surface area contributed by atoms with Crippen LogP contribution in [0.25, 0.3) is 22.4 Å². The lowest BCUT2D eigenvalue weighted by molar-refractivity contribution is 0.0265. The lowest BCUT2D eigenvalue weighted by Crippen LogP contribution is -2.31. The molecular formula is C23H17ClF2N2O. The van der Waals surface area contributed by atoms with E-state index in [2.05, 4.69) is 4.98 Å². The molecule has 0 fully saturated rings. The third-order valence-corrected chi connectivity index (χ3v) is 5.09. The molecule has 1 atom stereocenters. The molecule has 0 aliphatic rings. The van der Waals surface area contributed by atoms with Crippen LogP contribution in [0.15, 0.2) is 79.3 Å². The fourth-order valence-corrected chi connectivity index (χ4v) is 3.67. The van der Waals surface area contributed by atoms with Crippen molar-refractivity contribution in [3.63, 3.8) is 0 Å². The van der Waals surface area contributed by atoms with Crippen LogP contribution < -0.4 is 0 Å². The van der Waals surface area contributed by atoms with Crippen LogP contribution in [-0.2, 0) is 5.72 Å². The standard InChI is InChI=1S/C23H17ClF2N2O/c1-23(29,28-11-2-3-12-28)21-18(15-5-4-6-16(24)13-15)9-10-27-22(21)19-8-7-17(25)14-20(19)26/h2-14,29H,1H3. The third-order valence-electron chi connectivity index (χ3n) is 4.85. The topological polar surface area (TPSA) is 38.1 Å². The van der Waals surface area contributed by atoms with Crippen molar-refractivity contribution < 1.29 is 13.9 Å². The van der Waals surface area contributed by atoms with Crippen LogP contribution in [0.4, 0.5) is 8.78 Å². The van der Waals surface area contributed by atoms with Gasteiger partial charge in [-0.1, -0.05) is 23.7 Å². The first-order valence-corrected chi connectivity index (χ1v) is 9.32. The van der Waals surface area contributed by atoms with Gasteiger partial charge in [0.15, 0.2) is 5.72 Å². The fourth-order valence-electron chi connectivity index (χ4n) is 3.48. The summed E-state index contributed by atoms with van der Waals surface area (Å²) in [6, 6.07) is 15.7. The lowest BCUT2D eigenvalue weighted by atomic mass is 9.89. The summed E-state index contributed by atoms with van der Waals surface area (Å²) in [5.74, 6) is -1.44. The van der Waals surface area contributed by atoms with E-state index in [1.807, 2.05) is 6.07 Å². The molecule has 1 unspecified atom stereocenters. The number of rotatable bonds is 4. The minimum absolute atomic E-state index is 0.0951. The SMILES string of the molecule is CC(O)(c1c(-c2cccc(Cl)c2)ccnc1-c1ccc(F)cc1F)n1cccc1. The number of hydrogen-bond donors (Lipinski definition) is 1. The second kappa shape index (κ2) is 7.43. The molecule has 2 aromatic carbocycles. The number of aliphatic hydroxyl groups is 1. The molecule has 0 saturated heterocycles. The summed E-state index contributed by atoms with van der Waals surface area (Å²) >= 11 is 6.18. The molecule has 0 aliphatic carbocycles. The van der Waals surface area contributed by atoms with E-state index in [-0.39, 0.29) is 11.3 Å². The largest absolute Gasteiger partial charge is 0.367 e. The average Bonchev–Trinajstić information content (AvgIpc) is 3.23. The fraction of sp³-hybridized carbons (Fsp3) is 0.0870. The van der Waals surface area contributed by atoms with E-state index < -0.39 is 17.4 Å². The molecule has 1 N–H and O–H groups in total. The van der Waals surface area contributed by atoms with Gasteiger partial charge in [0.05, 0.1) is 5.69 Å². The zero-order valence-electron chi connectivity index (χ0n) is 15.5. The summed E-state index contributed by atoms with van der Waals surface area (Å²) in [6.07, 6.45) is 4.95. The Labute approximate surface area is 171 Å². The van der Waals surface area contributed by atoms with Crippen molar-refractivity contribution in [2.45, 2.75) is 12.6 Å². The molecule has 0 saturated carbocycles. The molecule has 146 valence electrons. The van der Waals surface area contributed by atoms with E-state index in [0.717, 1.165) is 11.6 Å². The molecule has 0 bridgehead atoms. The predicted molar refractivity (Wildman–Crippen MR) is 109 cm³/mol. The Hall–Kier alpha value is -3.02. The Morgan fingerprint density at radius 3 is 2.41 bits per heavy atom. The first-order valence-electron chi connectivity index (χ1n) is 8.94. The summed E-state index contributed by atoms with van der Waals surface area (Å²) in [5.41, 5.74) is 0.511. The van der Waals surface area contributed by atoms with Crippen LogP contribution in [0.2, 0.25) is 5.02 Å². The van der Waals surface area contributed by atoms with Gasteiger partial charge in [-0.05, 0) is 60.5 Å². The van der Waals surface area contributed by atoms with Gasteiger partial charge in [0.25, 0.3) is 0 Å². The minimum atomic E-state index is -1.56. The van der Waals surface area contributed by atoms with Gasteiger partial charge in [-0.15, -0.1) is 0 Å². The maximum Gasteiger partial charge on any atom is 0.167 e. The molecule has 6 heteroatoms. The van der Waals surface area contributed by atoms with Gasteiger partial charge in [-0.3, -0.25) is 4.98 Å². The second-order valence-electron chi connectivity index (χ2n) is 6.83. The van der Waals surface area contributed by atoms with Crippen molar-refractivity contribution >= 4 is 11.6 Å². The Morgan fingerprint density at radius 2 is 1.72 bits per heavy atom. The van der Waals surface area contributed by atoms with Crippen molar-refractivity contribution in [3.05, 3.63) is 101 Å². The van der Waals surface area contributed by atoms with E-state index in [0.29, 0.717) is 16.1 Å². The number of benzene rings is 2. The van der Waals surface area contributed by atoms with E-state index in [9.17, 15) is 13.9 Å². The molecule has 0 radical (unpaired) electrons. The number of halogens is 3. The highest BCUT2D eigenvalue weighted by Crippen LogP contribution is 2.40. The number of aromatic nitrogens is 2. The molecule has 0 amide bonds. The van der Waals surface area contributed by atoms with E-state index in [4.69, 9.17) is 11.6 Å². The van der Waals surface area contributed by atoms with Crippen molar-refractivity contribution in [1.82, 2.24) is 9.55 Å². The molecule has 2 heterocycles. The number of pyridine rings is 1. The molecule has 29 heavy (non-hydrogen) atoms. The predicted octanol–water partition coefficient (Wildman–Crippen LogP) is 5.86. The highest BCUT2D eigenvalue weighted by Gasteiger charge is 2.33. The van der Waals surface area contributed by atoms with Crippen molar-refractivity contribution in [3.8, 4) is 22.4 Å². The van der Waals surface area contributed by atoms with E-state index in [1.165, 1.54) is 18.3 Å². The maximum absolute atomic E-state index is 14.7. The van der Waals surface area contributed by atoms with Crippen molar-refractivity contribution in [2.24, 2.45) is 0 Å². The molecule has 3 nitrogen and oxygen atoms in total. The third kappa shape index (κ3) is 3.55. The van der Waals surface area contributed by atoms with Gasteiger partial charge in [0, 0.05) is 40.8 Å². The van der Waals surface area contributed by atoms with Gasteiger partial charge in [-0.25, -0.2) is 8.78 Å². The van der Waals surface area contributed by atoms with Gasteiger partial charge in [-0.2, -0.15) is 0 Å². The van der Waals surface area contributed by atoms with Gasteiger partial charge in [0.2, 0.25) is 0 Å². The molecule has 2 aromatic heterocycles. The van der Waals surface area contributed by atoms with E-state index >= 15 is 0 Å². The average molecular weight is 411 g/mol. The first-order chi connectivity index (χ1) is 13.9. The molecular weight excluding hydrogens is 394 g/mol. The zero-order chi connectivity index (χ0) is 20.6. The maximum atomic E-state index is 14.7. The Bertz CT molecular complexity index is 1170. The summed E-state index contributed by atoms with van der Waals surface area (Å²) < 4.78 is 29.7. The van der Waals surface area contributed by atoms with Gasteiger partial charge >= 0.3 is 0 Å². The van der Waals surface area contributed by atoms with Crippen LogP contribution >= 0.6 is 11.6 Å². The molecule has 4 rings (SSSR count). The molecule has 0 spiro atoms. The minimum Gasteiger partial charge on any atom is -0.367 e. The Balaban J connectivity index is 2.06. The second-order valence-corrected chi connectivity index (χ2v) is 7.26.